The second kappa shape index (κ2) is 6.91. The van der Waals surface area contributed by atoms with Crippen LogP contribution in [0.3, 0.4) is 0 Å². The number of hydrogen-bond donors (Lipinski definition) is 1. The van der Waals surface area contributed by atoms with Gasteiger partial charge in [0, 0.05) is 12.1 Å². The molecule has 1 N–H and O–H groups in total. The van der Waals surface area contributed by atoms with Crippen LogP contribution in [-0.2, 0) is 0 Å². The Bertz CT molecular complexity index is 455. The highest BCUT2D eigenvalue weighted by molar-refractivity contribution is 5.94. The molecule has 0 aromatic heterocycles. The summed E-state index contributed by atoms with van der Waals surface area (Å²) in [6, 6.07) is 8.75. The van der Waals surface area contributed by atoms with Crippen molar-refractivity contribution in [3.05, 3.63) is 35.4 Å². The molecule has 1 aromatic carbocycles. The highest BCUT2D eigenvalue weighted by atomic mass is 16.1. The third kappa shape index (κ3) is 4.08. The predicted octanol–water partition coefficient (Wildman–Crippen LogP) is 1.77. The van der Waals surface area contributed by atoms with Gasteiger partial charge in [-0.2, -0.15) is 5.26 Å². The van der Waals surface area contributed by atoms with E-state index in [4.69, 9.17) is 5.26 Å². The number of carbonyl (C=O) groups excluding carboxylic acids is 1. The summed E-state index contributed by atoms with van der Waals surface area (Å²) in [4.78, 5) is 14.3. The van der Waals surface area contributed by atoms with Gasteiger partial charge < -0.3 is 10.2 Å². The Kier molecular flexibility index (Phi) is 4.93. The summed E-state index contributed by atoms with van der Waals surface area (Å²) in [6.07, 6.45) is 3.59. The number of likely N-dealkylation sites (tertiary alicyclic amines) is 1. The molecule has 0 atom stereocenters. The van der Waals surface area contributed by atoms with Crippen molar-refractivity contribution in [3.63, 3.8) is 0 Å². The highest BCUT2D eigenvalue weighted by Crippen LogP contribution is 2.07. The van der Waals surface area contributed by atoms with Crippen LogP contribution < -0.4 is 5.32 Å². The number of rotatable bonds is 5. The first-order chi connectivity index (χ1) is 9.29. The predicted molar refractivity (Wildman–Crippen MR) is 73.8 cm³/mol. The van der Waals surface area contributed by atoms with Crippen molar-refractivity contribution < 1.29 is 4.79 Å². The van der Waals surface area contributed by atoms with Gasteiger partial charge in [0.2, 0.25) is 0 Å². The van der Waals surface area contributed by atoms with Crippen LogP contribution in [0, 0.1) is 11.3 Å². The first-order valence-corrected chi connectivity index (χ1v) is 6.80. The van der Waals surface area contributed by atoms with Gasteiger partial charge in [0.05, 0.1) is 11.6 Å². The molecule has 0 aliphatic carbocycles. The number of hydrogen-bond acceptors (Lipinski definition) is 3. The van der Waals surface area contributed by atoms with Crippen LogP contribution in [-0.4, -0.2) is 37.0 Å². The first-order valence-electron chi connectivity index (χ1n) is 6.80. The lowest BCUT2D eigenvalue weighted by molar-refractivity contribution is 0.0952. The molecular formula is C15H19N3O. The highest BCUT2D eigenvalue weighted by Gasteiger charge is 2.10. The molecule has 1 aliphatic rings. The molecule has 1 aromatic rings. The summed E-state index contributed by atoms with van der Waals surface area (Å²) in [5.41, 5.74) is 1.19. The Morgan fingerprint density at radius 2 is 1.95 bits per heavy atom. The van der Waals surface area contributed by atoms with Crippen LogP contribution in [0.1, 0.15) is 35.2 Å². The molecule has 1 fully saturated rings. The largest absolute Gasteiger partial charge is 0.352 e. The molecule has 1 saturated heterocycles. The molecule has 1 amide bonds. The van der Waals surface area contributed by atoms with E-state index in [1.807, 2.05) is 6.07 Å². The molecular weight excluding hydrogens is 238 g/mol. The fourth-order valence-corrected chi connectivity index (χ4v) is 2.31. The fraction of sp³-hybridized carbons (Fsp3) is 0.467. The van der Waals surface area contributed by atoms with Gasteiger partial charge in [-0.25, -0.2) is 0 Å². The van der Waals surface area contributed by atoms with E-state index in [0.717, 1.165) is 13.0 Å². The third-order valence-electron chi connectivity index (χ3n) is 3.41. The average Bonchev–Trinajstić information content (AvgIpc) is 2.96. The normalized spacial score (nSPS) is 15.1. The maximum Gasteiger partial charge on any atom is 0.251 e. The van der Waals surface area contributed by atoms with Crippen LogP contribution in [0.2, 0.25) is 0 Å². The molecule has 100 valence electrons. The Hall–Kier alpha value is -1.86. The molecule has 2 rings (SSSR count). The van der Waals surface area contributed by atoms with E-state index in [0.29, 0.717) is 17.7 Å². The Morgan fingerprint density at radius 1 is 1.26 bits per heavy atom. The number of nitrogens with one attached hydrogen (secondary N) is 1. The second-order valence-electron chi connectivity index (χ2n) is 4.85. The maximum absolute atomic E-state index is 11.8. The van der Waals surface area contributed by atoms with Crippen molar-refractivity contribution in [3.8, 4) is 6.07 Å². The van der Waals surface area contributed by atoms with Crippen LogP contribution in [0.4, 0.5) is 0 Å². The zero-order valence-electron chi connectivity index (χ0n) is 11.1. The summed E-state index contributed by atoms with van der Waals surface area (Å²) in [5.74, 6) is -0.0640. The van der Waals surface area contributed by atoms with Gasteiger partial charge in [0.25, 0.3) is 5.91 Å². The van der Waals surface area contributed by atoms with Crippen LogP contribution >= 0.6 is 0 Å². The van der Waals surface area contributed by atoms with Crippen molar-refractivity contribution in [2.45, 2.75) is 19.3 Å². The van der Waals surface area contributed by atoms with E-state index in [2.05, 4.69) is 10.2 Å². The summed E-state index contributed by atoms with van der Waals surface area (Å²) < 4.78 is 0. The standard InChI is InChI=1S/C15H19N3O/c16-12-13-4-6-14(7-5-13)15(19)17-8-3-11-18-9-1-2-10-18/h4-7H,1-3,8-11H2,(H,17,19). The van der Waals surface area contributed by atoms with Gasteiger partial charge in [0.1, 0.15) is 0 Å². The molecule has 4 nitrogen and oxygen atoms in total. The van der Waals surface area contributed by atoms with Gasteiger partial charge in [-0.05, 0) is 63.2 Å². The van der Waals surface area contributed by atoms with Crippen LogP contribution in [0.5, 0.6) is 0 Å². The molecule has 1 heterocycles. The van der Waals surface area contributed by atoms with E-state index < -0.39 is 0 Å². The number of nitriles is 1. The van der Waals surface area contributed by atoms with Crippen molar-refractivity contribution in [1.29, 1.82) is 5.26 Å². The minimum absolute atomic E-state index is 0.0640. The molecule has 0 radical (unpaired) electrons. The maximum atomic E-state index is 11.8. The van der Waals surface area contributed by atoms with E-state index >= 15 is 0 Å². The lowest BCUT2D eigenvalue weighted by atomic mass is 10.1. The summed E-state index contributed by atoms with van der Waals surface area (Å²) in [5, 5.41) is 11.6. The topological polar surface area (TPSA) is 56.1 Å². The molecule has 0 bridgehead atoms. The molecule has 4 heteroatoms. The third-order valence-corrected chi connectivity index (χ3v) is 3.41. The number of nitrogens with zero attached hydrogens (tertiary/aromatic N) is 2. The molecule has 0 saturated carbocycles. The van der Waals surface area contributed by atoms with Gasteiger partial charge >= 0.3 is 0 Å². The molecule has 0 spiro atoms. The summed E-state index contributed by atoms with van der Waals surface area (Å²) in [6.45, 7) is 4.16. The average molecular weight is 257 g/mol. The molecule has 19 heavy (non-hydrogen) atoms. The van der Waals surface area contributed by atoms with Gasteiger partial charge in [-0.1, -0.05) is 0 Å². The van der Waals surface area contributed by atoms with Gasteiger partial charge in [-0.15, -0.1) is 0 Å². The van der Waals surface area contributed by atoms with E-state index in [-0.39, 0.29) is 5.91 Å². The Balaban J connectivity index is 1.69. The van der Waals surface area contributed by atoms with E-state index in [1.165, 1.54) is 25.9 Å². The number of benzene rings is 1. The van der Waals surface area contributed by atoms with Crippen molar-refractivity contribution in [1.82, 2.24) is 10.2 Å². The summed E-state index contributed by atoms with van der Waals surface area (Å²) >= 11 is 0. The number of carbonyl (C=O) groups is 1. The minimum Gasteiger partial charge on any atom is -0.352 e. The zero-order valence-corrected chi connectivity index (χ0v) is 11.1. The van der Waals surface area contributed by atoms with Gasteiger partial charge in [0.15, 0.2) is 0 Å². The SMILES string of the molecule is N#Cc1ccc(C(=O)NCCCN2CCCC2)cc1. The fourth-order valence-electron chi connectivity index (χ4n) is 2.31. The van der Waals surface area contributed by atoms with Crippen molar-refractivity contribution in [2.75, 3.05) is 26.2 Å². The lowest BCUT2D eigenvalue weighted by Gasteiger charge is -2.14. The zero-order chi connectivity index (χ0) is 13.5. The Labute approximate surface area is 114 Å². The molecule has 1 aliphatic heterocycles. The minimum atomic E-state index is -0.0640. The van der Waals surface area contributed by atoms with Crippen molar-refractivity contribution >= 4 is 5.91 Å². The second-order valence-corrected chi connectivity index (χ2v) is 4.85. The summed E-state index contributed by atoms with van der Waals surface area (Å²) in [7, 11) is 0. The smallest absolute Gasteiger partial charge is 0.251 e. The molecule has 0 unspecified atom stereocenters. The van der Waals surface area contributed by atoms with E-state index in [1.54, 1.807) is 24.3 Å². The first kappa shape index (κ1) is 13.6. The Morgan fingerprint density at radius 3 is 2.58 bits per heavy atom. The lowest BCUT2D eigenvalue weighted by Crippen LogP contribution is -2.28. The number of amides is 1. The van der Waals surface area contributed by atoms with E-state index in [9.17, 15) is 4.79 Å². The monoisotopic (exact) mass is 257 g/mol. The quantitative estimate of drug-likeness (QED) is 0.818. The van der Waals surface area contributed by atoms with Crippen LogP contribution in [0.25, 0.3) is 0 Å². The van der Waals surface area contributed by atoms with Crippen molar-refractivity contribution in [2.24, 2.45) is 0 Å². The van der Waals surface area contributed by atoms with Gasteiger partial charge in [-0.3, -0.25) is 4.79 Å². The van der Waals surface area contributed by atoms with Crippen LogP contribution in [0.15, 0.2) is 24.3 Å².